The Hall–Kier alpha value is -4.17. The summed E-state index contributed by atoms with van der Waals surface area (Å²) in [6, 6.07) is 7.72. The number of phenolic OH excluding ortho intramolecular Hbond substituents is 1. The lowest BCUT2D eigenvalue weighted by atomic mass is 10.0. The topological polar surface area (TPSA) is 140 Å². The molecule has 214 valence electrons. The van der Waals surface area contributed by atoms with Gasteiger partial charge in [-0.25, -0.2) is 9.89 Å². The monoisotopic (exact) mass is 605 g/mol. The van der Waals surface area contributed by atoms with E-state index in [1.54, 1.807) is 0 Å². The predicted octanol–water partition coefficient (Wildman–Crippen LogP) is 4.03. The molecule has 0 saturated heterocycles. The second-order valence-electron chi connectivity index (χ2n) is 8.21. The van der Waals surface area contributed by atoms with Crippen LogP contribution in [0.4, 0.5) is 13.2 Å². The van der Waals surface area contributed by atoms with Crippen LogP contribution in [0.1, 0.15) is 16.8 Å². The van der Waals surface area contributed by atoms with Gasteiger partial charge in [0.2, 0.25) is 5.75 Å². The first kappa shape index (κ1) is 30.4. The van der Waals surface area contributed by atoms with Crippen LogP contribution in [0.25, 0.3) is 0 Å². The molecule has 1 heterocycles. The van der Waals surface area contributed by atoms with Crippen molar-refractivity contribution in [3.63, 3.8) is 0 Å². The number of carbonyl (C=O) groups excluding carboxylic acids is 2. The minimum atomic E-state index is -5.23. The first-order valence-corrected chi connectivity index (χ1v) is 11.7. The quantitative estimate of drug-likeness (QED) is 0.328. The maximum Gasteiger partial charge on any atom is 0.471 e. The fourth-order valence-corrected chi connectivity index (χ4v) is 3.82. The van der Waals surface area contributed by atoms with E-state index in [-0.39, 0.29) is 45.6 Å². The third kappa shape index (κ3) is 7.27. The van der Waals surface area contributed by atoms with Crippen LogP contribution in [0.2, 0.25) is 0 Å². The number of aromatic amines is 1. The first-order chi connectivity index (χ1) is 18.9. The summed E-state index contributed by atoms with van der Waals surface area (Å²) >= 11 is 11.2. The molecule has 0 aliphatic rings. The Morgan fingerprint density at radius 3 is 2.27 bits per heavy atom. The van der Waals surface area contributed by atoms with Crippen LogP contribution in [0, 0.1) is 0 Å². The molecule has 0 aliphatic heterocycles. The fraction of sp³-hybridized carbons (Fsp3) is 0.250. The fourth-order valence-electron chi connectivity index (χ4n) is 3.59. The Morgan fingerprint density at radius 1 is 1.10 bits per heavy atom. The zero-order valence-corrected chi connectivity index (χ0v) is 22.1. The number of esters is 1. The Labute approximate surface area is 234 Å². The number of ether oxygens (including phenoxy) is 2. The molecule has 1 amide bonds. The van der Waals surface area contributed by atoms with Gasteiger partial charge in [0.05, 0.1) is 12.8 Å². The molecule has 16 heteroatoms. The number of carbonyl (C=O) groups is 2. The van der Waals surface area contributed by atoms with Crippen LogP contribution in [-0.4, -0.2) is 58.5 Å². The van der Waals surface area contributed by atoms with Gasteiger partial charge in [-0.2, -0.15) is 18.3 Å². The smallest absolute Gasteiger partial charge is 0.471 e. The van der Waals surface area contributed by atoms with Crippen molar-refractivity contribution in [3.8, 4) is 28.7 Å². The summed E-state index contributed by atoms with van der Waals surface area (Å²) in [7, 11) is 1.76. The standard InChI is InChI=1S/C24H20Cl2F3N3O8/c1-32(23(36)24(27,28)29)16(22(35)37-2)7-12-8-18(39-25)21(19(9-12)40-26)38-15-4-5-17(33)13(11-15)10-14-3-6-20(34)31-30-14/h3-6,8-9,11,16,33H,7,10H2,1-2H3,(H,31,34)/t16-/m0/s1. The second-order valence-corrected chi connectivity index (χ2v) is 8.52. The van der Waals surface area contributed by atoms with E-state index < -0.39 is 36.1 Å². The van der Waals surface area contributed by atoms with Crippen LogP contribution < -0.4 is 18.9 Å². The number of methoxy groups -OCH3 is 1. The first-order valence-electron chi connectivity index (χ1n) is 11.1. The molecule has 1 atom stereocenters. The molecule has 2 N–H and O–H groups in total. The third-order valence-electron chi connectivity index (χ3n) is 5.56. The van der Waals surface area contributed by atoms with E-state index >= 15 is 0 Å². The van der Waals surface area contributed by atoms with Crippen LogP contribution in [0.5, 0.6) is 28.7 Å². The maximum atomic E-state index is 13.0. The number of hydrogen-bond donors (Lipinski definition) is 2. The average Bonchev–Trinajstić information content (AvgIpc) is 2.93. The van der Waals surface area contributed by atoms with E-state index in [1.165, 1.54) is 42.5 Å². The van der Waals surface area contributed by atoms with Gasteiger partial charge in [0.15, 0.2) is 11.5 Å². The van der Waals surface area contributed by atoms with E-state index in [1.807, 2.05) is 0 Å². The van der Waals surface area contributed by atoms with Crippen molar-refractivity contribution in [2.45, 2.75) is 25.1 Å². The van der Waals surface area contributed by atoms with E-state index in [0.717, 1.165) is 14.2 Å². The number of benzene rings is 2. The van der Waals surface area contributed by atoms with Crippen molar-refractivity contribution in [3.05, 3.63) is 69.6 Å². The molecule has 3 aromatic rings. The Bertz CT molecular complexity index is 1410. The molecule has 0 radical (unpaired) electrons. The summed E-state index contributed by atoms with van der Waals surface area (Å²) < 4.78 is 59.0. The van der Waals surface area contributed by atoms with Gasteiger partial charge in [0.25, 0.3) is 5.56 Å². The third-order valence-corrected chi connectivity index (χ3v) is 5.89. The van der Waals surface area contributed by atoms with E-state index in [2.05, 4.69) is 14.9 Å². The van der Waals surface area contributed by atoms with Crippen molar-refractivity contribution >= 4 is 35.6 Å². The lowest BCUT2D eigenvalue weighted by Gasteiger charge is -2.27. The number of likely N-dealkylation sites (N-methyl/N-ethyl adjacent to an activating group) is 1. The van der Waals surface area contributed by atoms with Gasteiger partial charge < -0.3 is 28.1 Å². The van der Waals surface area contributed by atoms with E-state index in [4.69, 9.17) is 37.0 Å². The van der Waals surface area contributed by atoms with Crippen LogP contribution in [-0.2, 0) is 27.2 Å². The average molecular weight is 606 g/mol. The van der Waals surface area contributed by atoms with Crippen LogP contribution in [0.3, 0.4) is 0 Å². The highest BCUT2D eigenvalue weighted by Gasteiger charge is 2.45. The summed E-state index contributed by atoms with van der Waals surface area (Å²) in [6.07, 6.45) is -5.58. The number of phenols is 1. The molecule has 0 unspecified atom stereocenters. The van der Waals surface area contributed by atoms with Crippen molar-refractivity contribution in [2.24, 2.45) is 0 Å². The molecule has 11 nitrogen and oxygen atoms in total. The van der Waals surface area contributed by atoms with Crippen molar-refractivity contribution in [2.75, 3.05) is 14.2 Å². The number of alkyl halides is 3. The number of rotatable bonds is 10. The lowest BCUT2D eigenvalue weighted by Crippen LogP contribution is -2.49. The molecule has 1 aromatic heterocycles. The van der Waals surface area contributed by atoms with Gasteiger partial charge in [0.1, 0.15) is 41.3 Å². The highest BCUT2D eigenvalue weighted by atomic mass is 35.5. The number of amides is 1. The minimum absolute atomic E-state index is 0.0929. The molecule has 0 spiro atoms. The van der Waals surface area contributed by atoms with Gasteiger partial charge in [-0.05, 0) is 42.0 Å². The van der Waals surface area contributed by atoms with E-state index in [9.17, 15) is 32.7 Å². The number of aromatic nitrogens is 2. The Morgan fingerprint density at radius 2 is 1.75 bits per heavy atom. The van der Waals surface area contributed by atoms with E-state index in [0.29, 0.717) is 11.3 Å². The number of hydrogen-bond acceptors (Lipinski definition) is 9. The largest absolute Gasteiger partial charge is 0.508 e. The number of nitrogens with one attached hydrogen (secondary N) is 1. The summed E-state index contributed by atoms with van der Waals surface area (Å²) in [5.41, 5.74) is 0.535. The van der Waals surface area contributed by atoms with Gasteiger partial charge in [0, 0.05) is 31.5 Å². The highest BCUT2D eigenvalue weighted by Crippen LogP contribution is 2.43. The van der Waals surface area contributed by atoms with Crippen molar-refractivity contribution in [1.29, 1.82) is 0 Å². The van der Waals surface area contributed by atoms with Gasteiger partial charge in [-0.15, -0.1) is 0 Å². The zero-order chi connectivity index (χ0) is 29.6. The molecular formula is C24H20Cl2F3N3O8. The molecule has 40 heavy (non-hydrogen) atoms. The van der Waals surface area contributed by atoms with Gasteiger partial charge in [-0.3, -0.25) is 9.59 Å². The number of nitrogens with zero attached hydrogens (tertiary/aromatic N) is 2. The maximum absolute atomic E-state index is 13.0. The Balaban J connectivity index is 1.93. The summed E-state index contributed by atoms with van der Waals surface area (Å²) in [6.45, 7) is 0. The van der Waals surface area contributed by atoms with Gasteiger partial charge in [-0.1, -0.05) is 0 Å². The summed E-state index contributed by atoms with van der Waals surface area (Å²) in [4.78, 5) is 35.4. The van der Waals surface area contributed by atoms with Crippen molar-refractivity contribution in [1.82, 2.24) is 15.1 Å². The molecular weight excluding hydrogens is 586 g/mol. The predicted molar refractivity (Wildman–Crippen MR) is 134 cm³/mol. The molecule has 2 aromatic carbocycles. The molecule has 0 bridgehead atoms. The summed E-state index contributed by atoms with van der Waals surface area (Å²) in [5, 5.41) is 16.4. The molecule has 0 saturated carbocycles. The van der Waals surface area contributed by atoms with Crippen molar-refractivity contribution < 1.29 is 45.9 Å². The van der Waals surface area contributed by atoms with Crippen LogP contribution >= 0.6 is 23.7 Å². The Kier molecular flexibility index (Phi) is 9.71. The molecule has 0 aliphatic carbocycles. The van der Waals surface area contributed by atoms with Gasteiger partial charge >= 0.3 is 18.1 Å². The second kappa shape index (κ2) is 12.8. The number of halogens is 5. The molecule has 3 rings (SSSR count). The lowest BCUT2D eigenvalue weighted by molar-refractivity contribution is -0.188. The number of H-pyrrole nitrogens is 1. The minimum Gasteiger partial charge on any atom is -0.508 e. The SMILES string of the molecule is COC(=O)[C@H](Cc1cc(OCl)c(Oc2ccc(O)c(Cc3ccc(=O)[nH]n3)c2)c(OCl)c1)N(C)C(=O)C(F)(F)F. The van der Waals surface area contributed by atoms with Crippen LogP contribution in [0.15, 0.2) is 47.3 Å². The zero-order valence-electron chi connectivity index (χ0n) is 20.6. The number of aromatic hydroxyl groups is 1. The summed E-state index contributed by atoms with van der Waals surface area (Å²) in [5.74, 6) is -3.90. The molecule has 0 fully saturated rings. The highest BCUT2D eigenvalue weighted by molar-refractivity contribution is 6.10. The normalized spacial score (nSPS) is 11.9.